The Bertz CT molecular complexity index is 1310. The van der Waals surface area contributed by atoms with E-state index >= 15 is 0 Å². The zero-order valence-electron chi connectivity index (χ0n) is 19.9. The molecule has 0 aliphatic carbocycles. The first-order valence-electron chi connectivity index (χ1n) is 11.3. The first-order valence-corrected chi connectivity index (χ1v) is 11.7. The average molecular weight is 551 g/mol. The molecule has 1 saturated heterocycles. The number of alkyl halides is 3. The third kappa shape index (κ3) is 6.74. The summed E-state index contributed by atoms with van der Waals surface area (Å²) in [5.74, 6) is -0.974. The number of benzene rings is 3. The molecule has 38 heavy (non-hydrogen) atoms. The van der Waals surface area contributed by atoms with Crippen LogP contribution in [-0.2, 0) is 15.7 Å². The highest BCUT2D eigenvalue weighted by Crippen LogP contribution is 2.38. The van der Waals surface area contributed by atoms with Crippen LogP contribution in [0.15, 0.2) is 60.7 Å². The molecule has 1 atom stereocenters. The second kappa shape index (κ2) is 11.7. The number of esters is 1. The Hall–Kier alpha value is -3.80. The fraction of sp³-hybridized carbons (Fsp3) is 0.231. The van der Waals surface area contributed by atoms with Crippen LogP contribution in [0.5, 0.6) is 23.0 Å². The van der Waals surface area contributed by atoms with Crippen LogP contribution in [0, 0.1) is 0 Å². The van der Waals surface area contributed by atoms with Crippen molar-refractivity contribution in [1.29, 1.82) is 0 Å². The zero-order valence-corrected chi connectivity index (χ0v) is 20.7. The standard InChI is InChI=1S/C26H22ClF3N2O6/c1-35-17-4-6-18(7-5-17)37-22-8-2-15(26(28,29)30)12-20(22)32-24(33)19-13-16(27)3-9-21(19)38-25(34)23-14-31-10-11-36-23/h2-9,12-13,23,31H,10-11,14H2,1H3,(H,32,33). The number of hydrogen-bond acceptors (Lipinski definition) is 7. The minimum absolute atomic E-state index is 0.0567. The minimum atomic E-state index is -4.68. The minimum Gasteiger partial charge on any atom is -0.497 e. The molecule has 1 unspecified atom stereocenters. The van der Waals surface area contributed by atoms with Gasteiger partial charge in [0.2, 0.25) is 0 Å². The Morgan fingerprint density at radius 1 is 1.03 bits per heavy atom. The Balaban J connectivity index is 1.62. The van der Waals surface area contributed by atoms with Crippen molar-refractivity contribution in [2.45, 2.75) is 12.3 Å². The second-order valence-electron chi connectivity index (χ2n) is 8.07. The van der Waals surface area contributed by atoms with Crippen molar-refractivity contribution in [2.75, 3.05) is 32.1 Å². The van der Waals surface area contributed by atoms with Crippen molar-refractivity contribution in [3.63, 3.8) is 0 Å². The van der Waals surface area contributed by atoms with Crippen molar-refractivity contribution in [2.24, 2.45) is 0 Å². The first-order chi connectivity index (χ1) is 18.1. The number of rotatable bonds is 7. The predicted molar refractivity (Wildman–Crippen MR) is 132 cm³/mol. The van der Waals surface area contributed by atoms with E-state index in [0.717, 1.165) is 18.2 Å². The SMILES string of the molecule is COc1ccc(Oc2ccc(C(F)(F)F)cc2NC(=O)c2cc(Cl)ccc2OC(=O)C2CNCCO2)cc1. The molecule has 1 heterocycles. The third-order valence-electron chi connectivity index (χ3n) is 5.43. The van der Waals surface area contributed by atoms with Gasteiger partial charge < -0.3 is 29.6 Å². The van der Waals surface area contributed by atoms with Crippen LogP contribution in [0.3, 0.4) is 0 Å². The number of carbonyl (C=O) groups is 2. The lowest BCUT2D eigenvalue weighted by atomic mass is 10.1. The fourth-order valence-corrected chi connectivity index (χ4v) is 3.69. The van der Waals surface area contributed by atoms with Crippen molar-refractivity contribution in [3.8, 4) is 23.0 Å². The molecule has 1 amide bonds. The molecule has 0 saturated carbocycles. The number of halogens is 4. The van der Waals surface area contributed by atoms with Crippen LogP contribution in [-0.4, -0.2) is 44.8 Å². The summed E-state index contributed by atoms with van der Waals surface area (Å²) >= 11 is 6.06. The second-order valence-corrected chi connectivity index (χ2v) is 8.50. The normalized spacial score (nSPS) is 15.4. The summed E-state index contributed by atoms with van der Waals surface area (Å²) in [6, 6.07) is 12.9. The van der Waals surface area contributed by atoms with Gasteiger partial charge in [0, 0.05) is 18.1 Å². The van der Waals surface area contributed by atoms with E-state index < -0.39 is 29.7 Å². The summed E-state index contributed by atoms with van der Waals surface area (Å²) in [7, 11) is 1.49. The van der Waals surface area contributed by atoms with Crippen LogP contribution in [0.4, 0.5) is 18.9 Å². The topological polar surface area (TPSA) is 95.1 Å². The summed E-state index contributed by atoms with van der Waals surface area (Å²) in [6.45, 7) is 1.11. The first kappa shape index (κ1) is 27.2. The van der Waals surface area contributed by atoms with E-state index in [2.05, 4.69) is 10.6 Å². The molecule has 0 spiro atoms. The average Bonchev–Trinajstić information content (AvgIpc) is 2.91. The molecule has 12 heteroatoms. The van der Waals surface area contributed by atoms with Gasteiger partial charge in [0.15, 0.2) is 11.9 Å². The van der Waals surface area contributed by atoms with Crippen LogP contribution < -0.4 is 24.8 Å². The Kier molecular flexibility index (Phi) is 8.40. The predicted octanol–water partition coefficient (Wildman–Crippen LogP) is 5.31. The lowest BCUT2D eigenvalue weighted by Gasteiger charge is -2.22. The van der Waals surface area contributed by atoms with E-state index in [1.807, 2.05) is 0 Å². The highest BCUT2D eigenvalue weighted by Gasteiger charge is 2.32. The van der Waals surface area contributed by atoms with Gasteiger partial charge >= 0.3 is 12.1 Å². The zero-order chi connectivity index (χ0) is 27.3. The third-order valence-corrected chi connectivity index (χ3v) is 5.66. The van der Waals surface area contributed by atoms with Crippen molar-refractivity contribution in [3.05, 3.63) is 76.8 Å². The van der Waals surface area contributed by atoms with E-state index in [9.17, 15) is 22.8 Å². The molecule has 2 N–H and O–H groups in total. The molecule has 200 valence electrons. The lowest BCUT2D eigenvalue weighted by Crippen LogP contribution is -2.44. The van der Waals surface area contributed by atoms with Crippen LogP contribution in [0.25, 0.3) is 0 Å². The summed E-state index contributed by atoms with van der Waals surface area (Å²) in [5, 5.41) is 5.55. The number of nitrogens with one attached hydrogen (secondary N) is 2. The summed E-state index contributed by atoms with van der Waals surface area (Å²) in [6.07, 6.45) is -5.56. The van der Waals surface area contributed by atoms with Crippen molar-refractivity contribution < 1.29 is 41.7 Å². The van der Waals surface area contributed by atoms with E-state index in [1.54, 1.807) is 24.3 Å². The molecular formula is C26H22ClF3N2O6. The smallest absolute Gasteiger partial charge is 0.416 e. The number of methoxy groups -OCH3 is 1. The molecule has 1 aliphatic heterocycles. The largest absolute Gasteiger partial charge is 0.497 e. The Labute approximate surface area is 220 Å². The highest BCUT2D eigenvalue weighted by molar-refractivity contribution is 6.31. The number of anilines is 1. The maximum atomic E-state index is 13.4. The quantitative estimate of drug-likeness (QED) is 0.304. The van der Waals surface area contributed by atoms with Crippen molar-refractivity contribution in [1.82, 2.24) is 5.32 Å². The number of amides is 1. The molecule has 3 aromatic rings. The molecule has 0 radical (unpaired) electrons. The van der Waals surface area contributed by atoms with E-state index in [0.29, 0.717) is 24.7 Å². The monoisotopic (exact) mass is 550 g/mol. The number of morpholine rings is 1. The molecule has 3 aromatic carbocycles. The van der Waals surface area contributed by atoms with Gasteiger partial charge in [-0.2, -0.15) is 13.2 Å². The van der Waals surface area contributed by atoms with Gasteiger partial charge in [-0.25, -0.2) is 4.79 Å². The molecule has 8 nitrogen and oxygen atoms in total. The molecular weight excluding hydrogens is 529 g/mol. The Morgan fingerprint density at radius 2 is 1.74 bits per heavy atom. The molecule has 0 bridgehead atoms. The molecule has 4 rings (SSSR count). The summed E-state index contributed by atoms with van der Waals surface area (Å²) in [5.41, 5.74) is -1.45. The van der Waals surface area contributed by atoms with Gasteiger partial charge in [-0.1, -0.05) is 11.6 Å². The van der Waals surface area contributed by atoms with Crippen LogP contribution in [0.1, 0.15) is 15.9 Å². The van der Waals surface area contributed by atoms with Gasteiger partial charge in [-0.05, 0) is 60.7 Å². The van der Waals surface area contributed by atoms with Gasteiger partial charge in [-0.15, -0.1) is 0 Å². The van der Waals surface area contributed by atoms with Crippen LogP contribution in [0.2, 0.25) is 5.02 Å². The highest BCUT2D eigenvalue weighted by atomic mass is 35.5. The number of carbonyl (C=O) groups excluding carboxylic acids is 2. The Morgan fingerprint density at radius 3 is 2.39 bits per heavy atom. The lowest BCUT2D eigenvalue weighted by molar-refractivity contribution is -0.148. The van der Waals surface area contributed by atoms with Crippen LogP contribution >= 0.6 is 11.6 Å². The maximum absolute atomic E-state index is 13.4. The van der Waals surface area contributed by atoms with Gasteiger partial charge in [0.1, 0.15) is 17.2 Å². The number of hydrogen-bond donors (Lipinski definition) is 2. The maximum Gasteiger partial charge on any atom is 0.416 e. The summed E-state index contributed by atoms with van der Waals surface area (Å²) in [4.78, 5) is 25.8. The van der Waals surface area contributed by atoms with E-state index in [4.69, 9.17) is 30.5 Å². The molecule has 1 fully saturated rings. The number of ether oxygens (including phenoxy) is 4. The molecule has 1 aliphatic rings. The van der Waals surface area contributed by atoms with Gasteiger partial charge in [0.25, 0.3) is 5.91 Å². The fourth-order valence-electron chi connectivity index (χ4n) is 3.51. The van der Waals surface area contributed by atoms with E-state index in [1.165, 1.54) is 25.3 Å². The van der Waals surface area contributed by atoms with E-state index in [-0.39, 0.29) is 34.3 Å². The van der Waals surface area contributed by atoms with Crippen molar-refractivity contribution >= 4 is 29.2 Å². The van der Waals surface area contributed by atoms with Gasteiger partial charge in [-0.3, -0.25) is 4.79 Å². The summed E-state index contributed by atoms with van der Waals surface area (Å²) < 4.78 is 61.9. The van der Waals surface area contributed by atoms with Gasteiger partial charge in [0.05, 0.1) is 30.5 Å². The molecule has 0 aromatic heterocycles.